The number of aromatic nitrogens is 4. The monoisotopic (exact) mass is 542 g/mol. The van der Waals surface area contributed by atoms with Gasteiger partial charge < -0.3 is 25.1 Å². The Morgan fingerprint density at radius 2 is 1.82 bits per heavy atom. The van der Waals surface area contributed by atoms with Crippen molar-refractivity contribution in [2.45, 2.75) is 39.5 Å². The molecule has 13 heteroatoms. The van der Waals surface area contributed by atoms with Gasteiger partial charge in [-0.25, -0.2) is 9.78 Å². The van der Waals surface area contributed by atoms with E-state index in [0.717, 1.165) is 5.56 Å². The summed E-state index contributed by atoms with van der Waals surface area (Å²) in [4.78, 5) is 40.2. The minimum atomic E-state index is -0.752. The molecule has 38 heavy (non-hydrogen) atoms. The number of carbonyl (C=O) groups excluding carboxylic acids is 2. The molecule has 0 unspecified atom stereocenters. The average Bonchev–Trinajstić information content (AvgIpc) is 3.30. The molecule has 2 N–H and O–H groups in total. The molecule has 2 aromatic heterocycles. The molecule has 3 aromatic rings. The van der Waals surface area contributed by atoms with Gasteiger partial charge in [0.2, 0.25) is 11.9 Å². The Morgan fingerprint density at radius 1 is 1.08 bits per heavy atom. The number of hydrogen-bond acceptors (Lipinski definition) is 10. The molecule has 1 aliphatic rings. The molecule has 1 fully saturated rings. The van der Waals surface area contributed by atoms with Crippen LogP contribution in [0.4, 0.5) is 22.2 Å². The van der Waals surface area contributed by atoms with Crippen molar-refractivity contribution in [3.63, 3.8) is 0 Å². The number of rotatable bonds is 8. The number of nitrogens with zero attached hydrogens (tertiary/aromatic N) is 6. The standard InChI is InChI=1S/C25H31ClN8O4/c1-25(2,3)37-24(36)38-34-11-9-32(10-12-34)21(35)17-33-16-19(14-29-33)30-23-28-15-20(26)22(31-23)27-13-18-7-5-4-6-8-18/h4-8,14-16H,9-13,17H2,1-3H3,(H2,27,28,30,31). The number of benzene rings is 1. The first kappa shape index (κ1) is 27.1. The van der Waals surface area contributed by atoms with E-state index < -0.39 is 11.8 Å². The molecule has 0 saturated carbocycles. The van der Waals surface area contributed by atoms with Crippen LogP contribution in [0.2, 0.25) is 5.02 Å². The van der Waals surface area contributed by atoms with Gasteiger partial charge in [0.05, 0.1) is 31.2 Å². The van der Waals surface area contributed by atoms with E-state index in [4.69, 9.17) is 21.2 Å². The summed E-state index contributed by atoms with van der Waals surface area (Å²) in [6.07, 6.45) is 4.06. The lowest BCUT2D eigenvalue weighted by molar-refractivity contribution is -0.164. The third-order valence-electron chi connectivity index (χ3n) is 5.42. The van der Waals surface area contributed by atoms with Crippen LogP contribution in [0.1, 0.15) is 26.3 Å². The lowest BCUT2D eigenvalue weighted by Gasteiger charge is -2.33. The van der Waals surface area contributed by atoms with Gasteiger partial charge in [0, 0.05) is 25.8 Å². The first-order valence-electron chi connectivity index (χ1n) is 12.2. The van der Waals surface area contributed by atoms with Crippen molar-refractivity contribution in [1.82, 2.24) is 29.7 Å². The van der Waals surface area contributed by atoms with Crippen molar-refractivity contribution in [3.8, 4) is 0 Å². The molecule has 1 aliphatic heterocycles. The third kappa shape index (κ3) is 8.05. The number of anilines is 3. The second-order valence-electron chi connectivity index (χ2n) is 9.65. The number of hydroxylamine groups is 2. The summed E-state index contributed by atoms with van der Waals surface area (Å²) in [5.74, 6) is 0.758. The highest BCUT2D eigenvalue weighted by Crippen LogP contribution is 2.22. The highest BCUT2D eigenvalue weighted by Gasteiger charge is 2.26. The van der Waals surface area contributed by atoms with Crippen LogP contribution in [-0.2, 0) is 27.5 Å². The fourth-order valence-electron chi connectivity index (χ4n) is 3.62. The van der Waals surface area contributed by atoms with E-state index >= 15 is 0 Å². The predicted octanol–water partition coefficient (Wildman–Crippen LogP) is 3.69. The summed E-state index contributed by atoms with van der Waals surface area (Å²) in [5, 5.41) is 12.5. The Bertz CT molecular complexity index is 1240. The van der Waals surface area contributed by atoms with Crippen molar-refractivity contribution in [2.75, 3.05) is 36.8 Å². The van der Waals surface area contributed by atoms with Gasteiger partial charge in [-0.1, -0.05) is 41.9 Å². The first-order chi connectivity index (χ1) is 18.1. The van der Waals surface area contributed by atoms with Gasteiger partial charge >= 0.3 is 6.16 Å². The summed E-state index contributed by atoms with van der Waals surface area (Å²) in [7, 11) is 0. The lowest BCUT2D eigenvalue weighted by atomic mass is 10.2. The minimum Gasteiger partial charge on any atom is -0.427 e. The zero-order chi connectivity index (χ0) is 27.1. The van der Waals surface area contributed by atoms with Crippen molar-refractivity contribution in [2.24, 2.45) is 0 Å². The maximum Gasteiger partial charge on any atom is 0.528 e. The molecule has 1 saturated heterocycles. The molecule has 0 atom stereocenters. The largest absolute Gasteiger partial charge is 0.528 e. The van der Waals surface area contributed by atoms with Crippen LogP contribution in [-0.4, -0.2) is 73.6 Å². The maximum absolute atomic E-state index is 12.8. The molecule has 0 aliphatic carbocycles. The van der Waals surface area contributed by atoms with Gasteiger partial charge in [-0.05, 0) is 26.3 Å². The molecule has 12 nitrogen and oxygen atoms in total. The summed E-state index contributed by atoms with van der Waals surface area (Å²) in [6, 6.07) is 9.91. The zero-order valence-electron chi connectivity index (χ0n) is 21.6. The van der Waals surface area contributed by atoms with E-state index in [1.807, 2.05) is 30.3 Å². The number of ether oxygens (including phenoxy) is 1. The van der Waals surface area contributed by atoms with Crippen LogP contribution in [0, 0.1) is 0 Å². The SMILES string of the molecule is CC(C)(C)OC(=O)ON1CCN(C(=O)Cn2cc(Nc3ncc(Cl)c(NCc4ccccc4)n3)cn2)CC1. The summed E-state index contributed by atoms with van der Waals surface area (Å²) >= 11 is 6.25. The molecular weight excluding hydrogens is 512 g/mol. The van der Waals surface area contributed by atoms with Crippen LogP contribution in [0.25, 0.3) is 0 Å². The lowest BCUT2D eigenvalue weighted by Crippen LogP contribution is -2.50. The fourth-order valence-corrected chi connectivity index (χ4v) is 3.78. The normalized spacial score (nSPS) is 14.2. The van der Waals surface area contributed by atoms with Gasteiger partial charge in [-0.15, -0.1) is 5.06 Å². The van der Waals surface area contributed by atoms with Gasteiger partial charge in [-0.2, -0.15) is 10.1 Å². The van der Waals surface area contributed by atoms with Crippen molar-refractivity contribution in [3.05, 3.63) is 59.5 Å². The second-order valence-corrected chi connectivity index (χ2v) is 10.1. The summed E-state index contributed by atoms with van der Waals surface area (Å²) in [6.45, 7) is 7.58. The second kappa shape index (κ2) is 12.1. The van der Waals surface area contributed by atoms with E-state index in [9.17, 15) is 9.59 Å². The van der Waals surface area contributed by atoms with Crippen LogP contribution in [0.15, 0.2) is 48.9 Å². The van der Waals surface area contributed by atoms with Crippen LogP contribution < -0.4 is 10.6 Å². The Labute approximate surface area is 225 Å². The summed E-state index contributed by atoms with van der Waals surface area (Å²) < 4.78 is 6.70. The number of piperazine rings is 1. The molecule has 1 aromatic carbocycles. The molecule has 202 valence electrons. The van der Waals surface area contributed by atoms with E-state index in [0.29, 0.717) is 55.2 Å². The van der Waals surface area contributed by atoms with Gasteiger partial charge in [-0.3, -0.25) is 9.48 Å². The van der Waals surface area contributed by atoms with E-state index in [-0.39, 0.29) is 12.5 Å². The highest BCUT2D eigenvalue weighted by molar-refractivity contribution is 6.32. The molecular formula is C25H31ClN8O4. The smallest absolute Gasteiger partial charge is 0.427 e. The maximum atomic E-state index is 12.8. The van der Waals surface area contributed by atoms with Crippen LogP contribution >= 0.6 is 11.6 Å². The molecule has 0 radical (unpaired) electrons. The van der Waals surface area contributed by atoms with Crippen LogP contribution in [0.3, 0.4) is 0 Å². The first-order valence-corrected chi connectivity index (χ1v) is 12.6. The zero-order valence-corrected chi connectivity index (χ0v) is 22.3. The van der Waals surface area contributed by atoms with Crippen LogP contribution in [0.5, 0.6) is 0 Å². The number of nitrogens with one attached hydrogen (secondary N) is 2. The molecule has 1 amide bonds. The topological polar surface area (TPSA) is 127 Å². The summed E-state index contributed by atoms with van der Waals surface area (Å²) in [5.41, 5.74) is 1.09. The van der Waals surface area contributed by atoms with Gasteiger partial charge in [0.1, 0.15) is 17.2 Å². The van der Waals surface area contributed by atoms with E-state index in [1.165, 1.54) is 11.3 Å². The number of carbonyl (C=O) groups is 2. The number of hydrogen-bond donors (Lipinski definition) is 2. The predicted molar refractivity (Wildman–Crippen MR) is 142 cm³/mol. The molecule has 0 spiro atoms. The van der Waals surface area contributed by atoms with Crippen molar-refractivity contribution in [1.29, 1.82) is 0 Å². The Balaban J connectivity index is 1.25. The Kier molecular flexibility index (Phi) is 8.64. The average molecular weight is 543 g/mol. The van der Waals surface area contributed by atoms with Crippen molar-refractivity contribution < 1.29 is 19.2 Å². The molecule has 0 bridgehead atoms. The minimum absolute atomic E-state index is 0.0694. The van der Waals surface area contributed by atoms with E-state index in [1.54, 1.807) is 42.7 Å². The molecule has 4 rings (SSSR count). The van der Waals surface area contributed by atoms with E-state index in [2.05, 4.69) is 25.7 Å². The Hall–Kier alpha value is -3.90. The highest BCUT2D eigenvalue weighted by atomic mass is 35.5. The number of halogens is 1. The van der Waals surface area contributed by atoms with Crippen molar-refractivity contribution >= 4 is 41.1 Å². The van der Waals surface area contributed by atoms with Gasteiger partial charge in [0.25, 0.3) is 0 Å². The third-order valence-corrected chi connectivity index (χ3v) is 5.69. The fraction of sp³-hybridized carbons (Fsp3) is 0.400. The number of amides is 1. The quantitative estimate of drug-likeness (QED) is 0.407. The Morgan fingerprint density at radius 3 is 2.53 bits per heavy atom. The van der Waals surface area contributed by atoms with Gasteiger partial charge in [0.15, 0.2) is 5.82 Å². The molecule has 3 heterocycles.